The van der Waals surface area contributed by atoms with Gasteiger partial charge in [0.2, 0.25) is 11.1 Å². The van der Waals surface area contributed by atoms with Crippen molar-refractivity contribution in [1.82, 2.24) is 15.2 Å². The fourth-order valence-corrected chi connectivity index (χ4v) is 2.30. The average Bonchev–Trinajstić information content (AvgIpc) is 2.63. The number of nitrogens with one attached hydrogen (secondary N) is 1. The summed E-state index contributed by atoms with van der Waals surface area (Å²) in [5.74, 6) is 1.29. The molecule has 14 heavy (non-hydrogen) atoms. The number of nitrogens with two attached hydrogens (primary N) is 1. The Labute approximate surface area is 86.8 Å². The molecule has 1 aliphatic rings. The number of nitrogen functional groups attached to an aromatic ring is 1. The second-order valence-corrected chi connectivity index (χ2v) is 4.29. The number of aromatic amines is 1. The molecule has 1 saturated heterocycles. The Hall–Kier alpha value is -0.750. The molecule has 78 valence electrons. The Morgan fingerprint density at radius 2 is 2.50 bits per heavy atom. The van der Waals surface area contributed by atoms with Crippen LogP contribution in [0.5, 0.6) is 0 Å². The van der Waals surface area contributed by atoms with Crippen LogP contribution in [0.3, 0.4) is 0 Å². The van der Waals surface area contributed by atoms with Gasteiger partial charge in [0.05, 0.1) is 6.10 Å². The van der Waals surface area contributed by atoms with E-state index in [0.29, 0.717) is 17.2 Å². The zero-order valence-electron chi connectivity index (χ0n) is 7.90. The summed E-state index contributed by atoms with van der Waals surface area (Å²) in [6.45, 7) is 0.890. The molecule has 1 atom stereocenters. The maximum absolute atomic E-state index is 5.59. The SMILES string of the molecule is Nc1nc(SCC2CCCCO2)n[nH]1. The van der Waals surface area contributed by atoms with Crippen molar-refractivity contribution in [1.29, 1.82) is 0 Å². The molecular weight excluding hydrogens is 200 g/mol. The zero-order chi connectivity index (χ0) is 9.80. The van der Waals surface area contributed by atoms with Gasteiger partial charge in [0.25, 0.3) is 0 Å². The fraction of sp³-hybridized carbons (Fsp3) is 0.750. The minimum Gasteiger partial charge on any atom is -0.377 e. The highest BCUT2D eigenvalue weighted by atomic mass is 32.2. The maximum Gasteiger partial charge on any atom is 0.216 e. The van der Waals surface area contributed by atoms with Crippen LogP contribution in [0.15, 0.2) is 5.16 Å². The molecule has 0 amide bonds. The van der Waals surface area contributed by atoms with Gasteiger partial charge < -0.3 is 10.5 Å². The van der Waals surface area contributed by atoms with Gasteiger partial charge in [-0.1, -0.05) is 11.8 Å². The van der Waals surface area contributed by atoms with E-state index in [-0.39, 0.29) is 0 Å². The highest BCUT2D eigenvalue weighted by Crippen LogP contribution is 2.20. The van der Waals surface area contributed by atoms with Crippen molar-refractivity contribution in [2.24, 2.45) is 0 Å². The molecule has 3 N–H and O–H groups in total. The molecule has 0 aliphatic carbocycles. The van der Waals surface area contributed by atoms with E-state index in [9.17, 15) is 0 Å². The van der Waals surface area contributed by atoms with Gasteiger partial charge in [-0.15, -0.1) is 5.10 Å². The lowest BCUT2D eigenvalue weighted by Gasteiger charge is -2.21. The number of thioether (sulfide) groups is 1. The van der Waals surface area contributed by atoms with Gasteiger partial charge in [-0.25, -0.2) is 5.10 Å². The minimum atomic E-state index is 0.355. The summed E-state index contributed by atoms with van der Waals surface area (Å²) in [5, 5.41) is 7.26. The Balaban J connectivity index is 1.76. The lowest BCUT2D eigenvalue weighted by molar-refractivity contribution is 0.0315. The van der Waals surface area contributed by atoms with Gasteiger partial charge in [-0.2, -0.15) is 4.98 Å². The Kier molecular flexibility index (Phi) is 3.26. The number of nitrogens with zero attached hydrogens (tertiary/aromatic N) is 2. The number of ether oxygens (including phenoxy) is 1. The van der Waals surface area contributed by atoms with Gasteiger partial charge in [0, 0.05) is 12.4 Å². The minimum absolute atomic E-state index is 0.355. The van der Waals surface area contributed by atoms with Crippen LogP contribution in [0.4, 0.5) is 5.95 Å². The topological polar surface area (TPSA) is 76.8 Å². The molecule has 1 aromatic rings. The summed E-state index contributed by atoms with van der Waals surface area (Å²) in [4.78, 5) is 4.01. The average molecular weight is 214 g/mol. The van der Waals surface area contributed by atoms with E-state index in [2.05, 4.69) is 15.2 Å². The van der Waals surface area contributed by atoms with Crippen LogP contribution in [-0.4, -0.2) is 33.6 Å². The molecule has 1 unspecified atom stereocenters. The predicted octanol–water partition coefficient (Wildman–Crippen LogP) is 1.05. The molecule has 0 aromatic carbocycles. The molecule has 2 rings (SSSR count). The third-order valence-electron chi connectivity index (χ3n) is 2.15. The van der Waals surface area contributed by atoms with Gasteiger partial charge in [0.15, 0.2) is 0 Å². The number of H-pyrrole nitrogens is 1. The number of anilines is 1. The molecular formula is C8H14N4OS. The first-order valence-corrected chi connectivity index (χ1v) is 5.75. The monoisotopic (exact) mass is 214 g/mol. The van der Waals surface area contributed by atoms with Crippen LogP contribution in [0.2, 0.25) is 0 Å². The Morgan fingerprint density at radius 3 is 3.14 bits per heavy atom. The van der Waals surface area contributed by atoms with Gasteiger partial charge in [0.1, 0.15) is 0 Å². The van der Waals surface area contributed by atoms with E-state index >= 15 is 0 Å². The molecule has 1 fully saturated rings. The summed E-state index contributed by atoms with van der Waals surface area (Å²) < 4.78 is 5.59. The number of rotatable bonds is 3. The smallest absolute Gasteiger partial charge is 0.216 e. The molecule has 6 heteroatoms. The quantitative estimate of drug-likeness (QED) is 0.735. The van der Waals surface area contributed by atoms with Crippen molar-refractivity contribution in [3.8, 4) is 0 Å². The lowest BCUT2D eigenvalue weighted by atomic mass is 10.1. The Morgan fingerprint density at radius 1 is 1.57 bits per heavy atom. The first-order valence-electron chi connectivity index (χ1n) is 4.77. The maximum atomic E-state index is 5.59. The van der Waals surface area contributed by atoms with E-state index in [1.165, 1.54) is 12.8 Å². The second-order valence-electron chi connectivity index (χ2n) is 3.30. The summed E-state index contributed by atoms with van der Waals surface area (Å²) in [5.41, 5.74) is 5.41. The summed E-state index contributed by atoms with van der Waals surface area (Å²) >= 11 is 1.59. The van der Waals surface area contributed by atoms with Crippen molar-refractivity contribution < 1.29 is 4.74 Å². The summed E-state index contributed by atoms with van der Waals surface area (Å²) in [7, 11) is 0. The van der Waals surface area contributed by atoms with E-state index in [1.807, 2.05) is 0 Å². The third kappa shape index (κ3) is 2.62. The van der Waals surface area contributed by atoms with Crippen molar-refractivity contribution in [2.75, 3.05) is 18.1 Å². The van der Waals surface area contributed by atoms with E-state index in [4.69, 9.17) is 10.5 Å². The molecule has 1 aliphatic heterocycles. The first kappa shape index (κ1) is 9.79. The van der Waals surface area contributed by atoms with Crippen LogP contribution in [0, 0.1) is 0 Å². The van der Waals surface area contributed by atoms with Crippen LogP contribution in [0.25, 0.3) is 0 Å². The Bertz CT molecular complexity index is 285. The normalized spacial score (nSPS) is 22.4. The van der Waals surface area contributed by atoms with Gasteiger partial charge in [-0.05, 0) is 19.3 Å². The molecule has 0 spiro atoms. The van der Waals surface area contributed by atoms with Crippen molar-refractivity contribution >= 4 is 17.7 Å². The largest absolute Gasteiger partial charge is 0.377 e. The van der Waals surface area contributed by atoms with Crippen molar-refractivity contribution in [2.45, 2.75) is 30.5 Å². The molecule has 0 radical (unpaired) electrons. The van der Waals surface area contributed by atoms with Crippen LogP contribution in [0.1, 0.15) is 19.3 Å². The molecule has 1 aromatic heterocycles. The second kappa shape index (κ2) is 4.65. The van der Waals surface area contributed by atoms with E-state index < -0.39 is 0 Å². The number of hydrogen-bond donors (Lipinski definition) is 2. The predicted molar refractivity (Wildman–Crippen MR) is 55.1 cm³/mol. The van der Waals surface area contributed by atoms with Crippen LogP contribution < -0.4 is 5.73 Å². The highest BCUT2D eigenvalue weighted by Gasteiger charge is 2.14. The molecule has 0 bridgehead atoms. The van der Waals surface area contributed by atoms with Crippen molar-refractivity contribution in [3.63, 3.8) is 0 Å². The van der Waals surface area contributed by atoms with Gasteiger partial charge in [-0.3, -0.25) is 0 Å². The van der Waals surface area contributed by atoms with Crippen molar-refractivity contribution in [3.05, 3.63) is 0 Å². The first-order chi connectivity index (χ1) is 6.84. The van der Waals surface area contributed by atoms with Crippen LogP contribution in [-0.2, 0) is 4.74 Å². The molecule has 0 saturated carbocycles. The summed E-state index contributed by atoms with van der Waals surface area (Å²) in [6, 6.07) is 0. The van der Waals surface area contributed by atoms with Gasteiger partial charge >= 0.3 is 0 Å². The standard InChI is InChI=1S/C8H14N4OS/c9-7-10-8(12-11-7)14-5-6-3-1-2-4-13-6/h6H,1-5H2,(H3,9,10,11,12). The van der Waals surface area contributed by atoms with E-state index in [1.54, 1.807) is 11.8 Å². The molecule has 5 nitrogen and oxygen atoms in total. The van der Waals surface area contributed by atoms with Crippen LogP contribution >= 0.6 is 11.8 Å². The third-order valence-corrected chi connectivity index (χ3v) is 3.13. The molecule has 2 heterocycles. The fourth-order valence-electron chi connectivity index (χ4n) is 1.43. The zero-order valence-corrected chi connectivity index (χ0v) is 8.72. The summed E-state index contributed by atoms with van der Waals surface area (Å²) in [6.07, 6.45) is 3.96. The highest BCUT2D eigenvalue weighted by molar-refractivity contribution is 7.99. The lowest BCUT2D eigenvalue weighted by Crippen LogP contribution is -2.21. The number of aromatic nitrogens is 3. The number of hydrogen-bond acceptors (Lipinski definition) is 5. The van der Waals surface area contributed by atoms with E-state index in [0.717, 1.165) is 18.8 Å².